The zero-order chi connectivity index (χ0) is 17.8. The van der Waals surface area contributed by atoms with E-state index in [-0.39, 0.29) is 0 Å². The monoisotopic (exact) mass is 332 g/mol. The number of rotatable bonds is 5. The van der Waals surface area contributed by atoms with Crippen LogP contribution in [-0.2, 0) is 0 Å². The zero-order valence-corrected chi connectivity index (χ0v) is 15.2. The largest absolute Gasteiger partial charge is 0.377 e. The van der Waals surface area contributed by atoms with Gasteiger partial charge in [-0.3, -0.25) is 5.43 Å². The molecule has 1 N–H and O–H groups in total. The highest BCUT2D eigenvalue weighted by atomic mass is 15.3. The Balaban J connectivity index is 2.06. The van der Waals surface area contributed by atoms with Gasteiger partial charge < -0.3 is 9.80 Å². The Kier molecular flexibility index (Phi) is 4.89. The van der Waals surface area contributed by atoms with Crippen molar-refractivity contribution in [2.45, 2.75) is 0 Å². The molecule has 3 rings (SSSR count). The second-order valence-electron chi connectivity index (χ2n) is 6.40. The van der Waals surface area contributed by atoms with Crippen molar-refractivity contribution in [1.29, 1.82) is 0 Å². The molecule has 128 valence electrons. The van der Waals surface area contributed by atoms with Crippen molar-refractivity contribution in [1.82, 2.24) is 0 Å². The molecule has 3 aromatic carbocycles. The molecule has 0 spiro atoms. The highest BCUT2D eigenvalue weighted by Crippen LogP contribution is 2.35. The number of nitrogens with zero attached hydrogens (tertiary/aromatic N) is 3. The van der Waals surface area contributed by atoms with E-state index in [9.17, 15) is 0 Å². The van der Waals surface area contributed by atoms with Gasteiger partial charge in [0.1, 0.15) is 0 Å². The molecular formula is C21H24N4. The Morgan fingerprint density at radius 2 is 1.56 bits per heavy atom. The van der Waals surface area contributed by atoms with Crippen molar-refractivity contribution in [2.75, 3.05) is 43.4 Å². The molecule has 0 bridgehead atoms. The molecule has 25 heavy (non-hydrogen) atoms. The number of para-hydroxylation sites is 1. The first-order chi connectivity index (χ1) is 12.1. The van der Waals surface area contributed by atoms with Crippen LogP contribution in [0.4, 0.5) is 17.1 Å². The molecule has 0 unspecified atom stereocenters. The van der Waals surface area contributed by atoms with Gasteiger partial charge in [0, 0.05) is 44.8 Å². The highest BCUT2D eigenvalue weighted by molar-refractivity contribution is 6.09. The number of anilines is 3. The van der Waals surface area contributed by atoms with Crippen LogP contribution < -0.4 is 15.2 Å². The maximum absolute atomic E-state index is 4.42. The third-order valence-corrected chi connectivity index (χ3v) is 4.13. The molecule has 0 heterocycles. The number of hydrazone groups is 1. The van der Waals surface area contributed by atoms with E-state index >= 15 is 0 Å². The van der Waals surface area contributed by atoms with E-state index in [2.05, 4.69) is 78.8 Å². The van der Waals surface area contributed by atoms with E-state index in [0.29, 0.717) is 0 Å². The molecule has 0 aliphatic rings. The predicted molar refractivity (Wildman–Crippen MR) is 110 cm³/mol. The third-order valence-electron chi connectivity index (χ3n) is 4.13. The summed E-state index contributed by atoms with van der Waals surface area (Å²) in [5.41, 5.74) is 7.50. The molecule has 0 saturated carbocycles. The first-order valence-corrected chi connectivity index (χ1v) is 8.32. The zero-order valence-electron chi connectivity index (χ0n) is 15.2. The summed E-state index contributed by atoms with van der Waals surface area (Å²) in [4.78, 5) is 4.30. The predicted octanol–water partition coefficient (Wildman–Crippen LogP) is 4.42. The van der Waals surface area contributed by atoms with Gasteiger partial charge in [-0.1, -0.05) is 42.5 Å². The average Bonchev–Trinajstić information content (AvgIpc) is 2.61. The Morgan fingerprint density at radius 3 is 2.24 bits per heavy atom. The molecule has 0 aliphatic heterocycles. The standard InChI is InChI=1S/C21H24N4/c1-24(2)19-12-8-9-16-13-14-17(21(20(16)19)25(3)4)15-22-23-18-10-6-5-7-11-18/h5-15,23H,1-4H3/b22-15+. The summed E-state index contributed by atoms with van der Waals surface area (Å²) < 4.78 is 0. The molecule has 0 saturated heterocycles. The van der Waals surface area contributed by atoms with Crippen LogP contribution in [0.15, 0.2) is 65.8 Å². The van der Waals surface area contributed by atoms with Crippen LogP contribution in [0.3, 0.4) is 0 Å². The number of nitrogens with one attached hydrogen (secondary N) is 1. The lowest BCUT2D eigenvalue weighted by Crippen LogP contribution is -2.15. The van der Waals surface area contributed by atoms with Crippen molar-refractivity contribution in [3.63, 3.8) is 0 Å². The number of hydrogen-bond donors (Lipinski definition) is 1. The first kappa shape index (κ1) is 16.8. The molecule has 4 heteroatoms. The van der Waals surface area contributed by atoms with Crippen LogP contribution >= 0.6 is 0 Å². The van der Waals surface area contributed by atoms with Gasteiger partial charge in [-0.2, -0.15) is 5.10 Å². The second-order valence-corrected chi connectivity index (χ2v) is 6.40. The maximum Gasteiger partial charge on any atom is 0.0565 e. The van der Waals surface area contributed by atoms with Crippen LogP contribution in [-0.4, -0.2) is 34.4 Å². The van der Waals surface area contributed by atoms with Crippen LogP contribution in [0.25, 0.3) is 10.8 Å². The highest BCUT2D eigenvalue weighted by Gasteiger charge is 2.13. The lowest BCUT2D eigenvalue weighted by molar-refractivity contribution is 1.12. The van der Waals surface area contributed by atoms with Gasteiger partial charge in [0.05, 0.1) is 17.6 Å². The lowest BCUT2D eigenvalue weighted by atomic mass is 10.0. The van der Waals surface area contributed by atoms with Crippen LogP contribution in [0, 0.1) is 0 Å². The van der Waals surface area contributed by atoms with E-state index < -0.39 is 0 Å². The fraction of sp³-hybridized carbons (Fsp3) is 0.190. The maximum atomic E-state index is 4.42. The van der Waals surface area contributed by atoms with E-state index in [4.69, 9.17) is 0 Å². The minimum Gasteiger partial charge on any atom is -0.377 e. The van der Waals surface area contributed by atoms with Crippen LogP contribution in [0.2, 0.25) is 0 Å². The SMILES string of the molecule is CN(C)c1cccc2ccc(/C=N/Nc3ccccc3)c(N(C)C)c12. The normalized spacial score (nSPS) is 11.0. The average molecular weight is 332 g/mol. The molecule has 0 aromatic heterocycles. The van der Waals surface area contributed by atoms with Crippen molar-refractivity contribution < 1.29 is 0 Å². The molecule has 0 fully saturated rings. The summed E-state index contributed by atoms with van der Waals surface area (Å²) in [6.07, 6.45) is 1.88. The summed E-state index contributed by atoms with van der Waals surface area (Å²) >= 11 is 0. The molecular weight excluding hydrogens is 308 g/mol. The van der Waals surface area contributed by atoms with Crippen molar-refractivity contribution in [2.24, 2.45) is 5.10 Å². The molecule has 0 amide bonds. The number of hydrogen-bond acceptors (Lipinski definition) is 4. The lowest BCUT2D eigenvalue weighted by Gasteiger charge is -2.23. The Labute approximate surface area is 149 Å². The van der Waals surface area contributed by atoms with Gasteiger partial charge in [-0.15, -0.1) is 0 Å². The van der Waals surface area contributed by atoms with Gasteiger partial charge in [-0.05, 0) is 23.6 Å². The third kappa shape index (κ3) is 3.58. The van der Waals surface area contributed by atoms with Crippen molar-refractivity contribution in [3.8, 4) is 0 Å². The molecule has 3 aromatic rings. The van der Waals surface area contributed by atoms with Gasteiger partial charge in [0.25, 0.3) is 0 Å². The number of benzene rings is 3. The van der Waals surface area contributed by atoms with Crippen LogP contribution in [0.5, 0.6) is 0 Å². The molecule has 0 atom stereocenters. The second kappa shape index (κ2) is 7.26. The minimum absolute atomic E-state index is 0.972. The Hall–Kier alpha value is -3.01. The summed E-state index contributed by atoms with van der Waals surface area (Å²) in [6, 6.07) is 20.6. The topological polar surface area (TPSA) is 30.9 Å². The van der Waals surface area contributed by atoms with Crippen LogP contribution in [0.1, 0.15) is 5.56 Å². The first-order valence-electron chi connectivity index (χ1n) is 8.32. The fourth-order valence-electron chi connectivity index (χ4n) is 3.00. The fourth-order valence-corrected chi connectivity index (χ4v) is 3.00. The van der Waals surface area contributed by atoms with E-state index in [0.717, 1.165) is 11.3 Å². The van der Waals surface area contributed by atoms with Gasteiger partial charge >= 0.3 is 0 Å². The molecule has 4 nitrogen and oxygen atoms in total. The summed E-state index contributed by atoms with van der Waals surface area (Å²) in [5, 5.41) is 6.88. The summed E-state index contributed by atoms with van der Waals surface area (Å²) in [6.45, 7) is 0. The van der Waals surface area contributed by atoms with Gasteiger partial charge in [-0.25, -0.2) is 0 Å². The van der Waals surface area contributed by atoms with E-state index in [1.165, 1.54) is 22.1 Å². The van der Waals surface area contributed by atoms with Gasteiger partial charge in [0.2, 0.25) is 0 Å². The van der Waals surface area contributed by atoms with E-state index in [1.807, 2.05) is 36.5 Å². The van der Waals surface area contributed by atoms with E-state index in [1.54, 1.807) is 0 Å². The summed E-state index contributed by atoms with van der Waals surface area (Å²) in [7, 11) is 8.30. The van der Waals surface area contributed by atoms with Crippen molar-refractivity contribution >= 4 is 34.0 Å². The molecule has 0 aliphatic carbocycles. The van der Waals surface area contributed by atoms with Crippen molar-refractivity contribution in [3.05, 3.63) is 66.2 Å². The quantitative estimate of drug-likeness (QED) is 0.554. The Bertz CT molecular complexity index is 883. The number of fused-ring (bicyclic) bond motifs is 1. The van der Waals surface area contributed by atoms with Gasteiger partial charge in [0.15, 0.2) is 0 Å². The minimum atomic E-state index is 0.972. The summed E-state index contributed by atoms with van der Waals surface area (Å²) in [5.74, 6) is 0. The molecule has 0 radical (unpaired) electrons. The smallest absolute Gasteiger partial charge is 0.0565 e. The Morgan fingerprint density at radius 1 is 0.800 bits per heavy atom.